The van der Waals surface area contributed by atoms with Gasteiger partial charge in [-0.3, -0.25) is 4.79 Å². The first-order valence-electron chi connectivity index (χ1n) is 6.47. The molecule has 1 N–H and O–H groups in total. The topological polar surface area (TPSA) is 40.5 Å². The van der Waals surface area contributed by atoms with E-state index in [-0.39, 0.29) is 12.0 Å². The van der Waals surface area contributed by atoms with Gasteiger partial charge in [0.25, 0.3) is 0 Å². The van der Waals surface area contributed by atoms with Crippen LogP contribution in [0.4, 0.5) is 0 Å². The Morgan fingerprint density at radius 1 is 1.42 bits per heavy atom. The van der Waals surface area contributed by atoms with E-state index in [1.54, 1.807) is 17.1 Å². The van der Waals surface area contributed by atoms with Gasteiger partial charge in [0.2, 0.25) is 5.91 Å². The van der Waals surface area contributed by atoms with Crippen molar-refractivity contribution in [3.05, 3.63) is 40.4 Å². The van der Waals surface area contributed by atoms with Crippen LogP contribution in [0.2, 0.25) is 5.02 Å². The zero-order valence-corrected chi connectivity index (χ0v) is 11.7. The summed E-state index contributed by atoms with van der Waals surface area (Å²) in [5.41, 5.74) is 1.94. The SMILES string of the molecule is Cc1ccc(/C=C/C(=O)N2CCC(O)CC2)cc1Cl. The van der Waals surface area contributed by atoms with Crippen LogP contribution in [0.1, 0.15) is 24.0 Å². The first-order valence-corrected chi connectivity index (χ1v) is 6.85. The normalized spacial score (nSPS) is 17.1. The van der Waals surface area contributed by atoms with Crippen LogP contribution in [-0.2, 0) is 4.79 Å². The molecule has 0 unspecified atom stereocenters. The lowest BCUT2D eigenvalue weighted by molar-refractivity contribution is -0.127. The molecule has 102 valence electrons. The highest BCUT2D eigenvalue weighted by molar-refractivity contribution is 6.31. The summed E-state index contributed by atoms with van der Waals surface area (Å²) in [7, 11) is 0. The highest BCUT2D eigenvalue weighted by atomic mass is 35.5. The van der Waals surface area contributed by atoms with Crippen LogP contribution in [0.3, 0.4) is 0 Å². The fourth-order valence-electron chi connectivity index (χ4n) is 2.07. The maximum atomic E-state index is 12.0. The van der Waals surface area contributed by atoms with Gasteiger partial charge in [0, 0.05) is 24.2 Å². The van der Waals surface area contributed by atoms with E-state index in [9.17, 15) is 9.90 Å². The van der Waals surface area contributed by atoms with Crippen molar-refractivity contribution in [2.24, 2.45) is 0 Å². The first kappa shape index (κ1) is 14.1. The van der Waals surface area contributed by atoms with Crippen molar-refractivity contribution in [3.8, 4) is 0 Å². The van der Waals surface area contributed by atoms with Crippen molar-refractivity contribution in [1.29, 1.82) is 0 Å². The third kappa shape index (κ3) is 3.82. The van der Waals surface area contributed by atoms with Gasteiger partial charge in [0.15, 0.2) is 0 Å². The van der Waals surface area contributed by atoms with E-state index < -0.39 is 0 Å². The highest BCUT2D eigenvalue weighted by Gasteiger charge is 2.19. The Balaban J connectivity index is 1.98. The summed E-state index contributed by atoms with van der Waals surface area (Å²) >= 11 is 6.04. The third-order valence-corrected chi connectivity index (χ3v) is 3.80. The molecule has 4 heteroatoms. The van der Waals surface area contributed by atoms with E-state index in [2.05, 4.69) is 0 Å². The van der Waals surface area contributed by atoms with E-state index in [0.717, 1.165) is 11.1 Å². The first-order chi connectivity index (χ1) is 9.06. The van der Waals surface area contributed by atoms with Gasteiger partial charge in [-0.1, -0.05) is 23.7 Å². The molecule has 0 bridgehead atoms. The number of rotatable bonds is 2. The number of carbonyl (C=O) groups is 1. The van der Waals surface area contributed by atoms with Gasteiger partial charge in [-0.05, 0) is 43.0 Å². The van der Waals surface area contributed by atoms with Crippen LogP contribution in [0, 0.1) is 6.92 Å². The van der Waals surface area contributed by atoms with Crippen LogP contribution < -0.4 is 0 Å². The fraction of sp³-hybridized carbons (Fsp3) is 0.400. The minimum Gasteiger partial charge on any atom is -0.393 e. The maximum absolute atomic E-state index is 12.0. The summed E-state index contributed by atoms with van der Waals surface area (Å²) < 4.78 is 0. The summed E-state index contributed by atoms with van der Waals surface area (Å²) in [5, 5.41) is 10.1. The van der Waals surface area contributed by atoms with Crippen LogP contribution >= 0.6 is 11.6 Å². The molecule has 0 aliphatic carbocycles. The molecule has 1 aliphatic rings. The molecule has 1 aliphatic heterocycles. The molecule has 1 fully saturated rings. The molecule has 19 heavy (non-hydrogen) atoms. The molecule has 0 radical (unpaired) electrons. The van der Waals surface area contributed by atoms with Crippen molar-refractivity contribution in [3.63, 3.8) is 0 Å². The Bertz CT molecular complexity index is 491. The van der Waals surface area contributed by atoms with Gasteiger partial charge in [0.05, 0.1) is 6.10 Å². The molecule has 1 aromatic rings. The molecule has 1 amide bonds. The summed E-state index contributed by atoms with van der Waals surface area (Å²) in [6.07, 6.45) is 4.41. The molecular formula is C15H18ClNO2. The molecule has 1 aromatic carbocycles. The molecule has 0 atom stereocenters. The Labute approximate surface area is 118 Å². The molecular weight excluding hydrogens is 262 g/mol. The lowest BCUT2D eigenvalue weighted by Gasteiger charge is -2.28. The number of aryl methyl sites for hydroxylation is 1. The van der Waals surface area contributed by atoms with Crippen LogP contribution in [0.15, 0.2) is 24.3 Å². The van der Waals surface area contributed by atoms with E-state index in [1.807, 2.05) is 25.1 Å². The Morgan fingerprint density at radius 2 is 2.11 bits per heavy atom. The van der Waals surface area contributed by atoms with E-state index in [4.69, 9.17) is 11.6 Å². The number of carbonyl (C=O) groups excluding carboxylic acids is 1. The number of piperidine rings is 1. The smallest absolute Gasteiger partial charge is 0.246 e. The van der Waals surface area contributed by atoms with Gasteiger partial charge in [-0.25, -0.2) is 0 Å². The summed E-state index contributed by atoms with van der Waals surface area (Å²) in [6.45, 7) is 3.19. The summed E-state index contributed by atoms with van der Waals surface area (Å²) in [4.78, 5) is 13.7. The second-order valence-electron chi connectivity index (χ2n) is 4.90. The minimum atomic E-state index is -0.260. The molecule has 0 saturated carbocycles. The van der Waals surface area contributed by atoms with Crippen molar-refractivity contribution in [2.45, 2.75) is 25.9 Å². The monoisotopic (exact) mass is 279 g/mol. The fourth-order valence-corrected chi connectivity index (χ4v) is 2.26. The lowest BCUT2D eigenvalue weighted by atomic mass is 10.1. The molecule has 1 heterocycles. The Morgan fingerprint density at radius 3 is 2.74 bits per heavy atom. The van der Waals surface area contributed by atoms with E-state index in [1.165, 1.54) is 0 Å². The number of amides is 1. The van der Waals surface area contributed by atoms with Crippen molar-refractivity contribution in [1.82, 2.24) is 4.90 Å². The zero-order valence-electron chi connectivity index (χ0n) is 11.0. The van der Waals surface area contributed by atoms with Crippen molar-refractivity contribution < 1.29 is 9.90 Å². The number of halogens is 1. The molecule has 0 aromatic heterocycles. The zero-order chi connectivity index (χ0) is 13.8. The van der Waals surface area contributed by atoms with Gasteiger partial charge in [0.1, 0.15) is 0 Å². The number of aliphatic hydroxyl groups excluding tert-OH is 1. The average molecular weight is 280 g/mol. The summed E-state index contributed by atoms with van der Waals surface area (Å²) in [5.74, 6) is -0.0106. The number of hydrogen-bond acceptors (Lipinski definition) is 2. The Kier molecular flexibility index (Phi) is 4.61. The van der Waals surface area contributed by atoms with E-state index >= 15 is 0 Å². The second-order valence-corrected chi connectivity index (χ2v) is 5.31. The second kappa shape index (κ2) is 6.22. The number of hydrogen-bond donors (Lipinski definition) is 1. The molecule has 0 spiro atoms. The van der Waals surface area contributed by atoms with Crippen LogP contribution in [0.25, 0.3) is 6.08 Å². The third-order valence-electron chi connectivity index (χ3n) is 3.39. The number of nitrogens with zero attached hydrogens (tertiary/aromatic N) is 1. The predicted octanol–water partition coefficient (Wildman–Crippen LogP) is 2.64. The summed E-state index contributed by atoms with van der Waals surface area (Å²) in [6, 6.07) is 5.72. The molecule has 3 nitrogen and oxygen atoms in total. The van der Waals surface area contributed by atoms with Gasteiger partial charge < -0.3 is 10.0 Å². The highest BCUT2D eigenvalue weighted by Crippen LogP contribution is 2.18. The largest absolute Gasteiger partial charge is 0.393 e. The van der Waals surface area contributed by atoms with E-state index in [0.29, 0.717) is 31.0 Å². The number of benzene rings is 1. The van der Waals surface area contributed by atoms with Crippen LogP contribution in [0.5, 0.6) is 0 Å². The lowest BCUT2D eigenvalue weighted by Crippen LogP contribution is -2.39. The average Bonchev–Trinajstić information content (AvgIpc) is 2.40. The predicted molar refractivity (Wildman–Crippen MR) is 77.0 cm³/mol. The number of likely N-dealkylation sites (tertiary alicyclic amines) is 1. The van der Waals surface area contributed by atoms with Gasteiger partial charge >= 0.3 is 0 Å². The van der Waals surface area contributed by atoms with Gasteiger partial charge in [-0.2, -0.15) is 0 Å². The Hall–Kier alpha value is -1.32. The number of aliphatic hydroxyl groups is 1. The standard InChI is InChI=1S/C15H18ClNO2/c1-11-2-3-12(10-14(11)16)4-5-15(19)17-8-6-13(18)7-9-17/h2-5,10,13,18H,6-9H2,1H3/b5-4+. The van der Waals surface area contributed by atoms with Crippen molar-refractivity contribution >= 4 is 23.6 Å². The van der Waals surface area contributed by atoms with Crippen LogP contribution in [-0.4, -0.2) is 35.1 Å². The minimum absolute atomic E-state index is 0.0106. The molecule has 2 rings (SSSR count). The molecule has 1 saturated heterocycles. The maximum Gasteiger partial charge on any atom is 0.246 e. The van der Waals surface area contributed by atoms with Crippen molar-refractivity contribution in [2.75, 3.05) is 13.1 Å². The quantitative estimate of drug-likeness (QED) is 0.846. The van der Waals surface area contributed by atoms with Gasteiger partial charge in [-0.15, -0.1) is 0 Å².